The van der Waals surface area contributed by atoms with Crippen molar-refractivity contribution in [1.82, 2.24) is 4.98 Å². The quantitative estimate of drug-likeness (QED) is 0.722. The van der Waals surface area contributed by atoms with Gasteiger partial charge in [-0.25, -0.2) is 0 Å². The van der Waals surface area contributed by atoms with E-state index in [4.69, 9.17) is 20.9 Å². The average molecular weight is 309 g/mol. The Kier molecular flexibility index (Phi) is 3.72. The third-order valence-corrected chi connectivity index (χ3v) is 3.40. The predicted molar refractivity (Wildman–Crippen MR) is 87.7 cm³/mol. The SMILES string of the molecule is COc1cc2nccc(Oc3ccc(N)cc3)c2cc1C(N)=O. The van der Waals surface area contributed by atoms with Crippen LogP contribution in [0, 0.1) is 0 Å². The molecule has 116 valence electrons. The number of nitrogens with zero attached hydrogens (tertiary/aromatic N) is 1. The molecule has 1 aromatic heterocycles. The minimum absolute atomic E-state index is 0.273. The summed E-state index contributed by atoms with van der Waals surface area (Å²) in [4.78, 5) is 15.9. The number of nitrogen functional groups attached to an aromatic ring is 1. The number of nitrogens with two attached hydrogens (primary N) is 2. The van der Waals surface area contributed by atoms with Crippen LogP contribution in [0.15, 0.2) is 48.7 Å². The molecule has 1 heterocycles. The van der Waals surface area contributed by atoms with Crippen LogP contribution in [0.4, 0.5) is 5.69 Å². The Hall–Kier alpha value is -3.28. The molecule has 3 rings (SSSR count). The Bertz CT molecular complexity index is 876. The van der Waals surface area contributed by atoms with Crippen LogP contribution >= 0.6 is 0 Å². The fraction of sp³-hybridized carbons (Fsp3) is 0.0588. The predicted octanol–water partition coefficient (Wildman–Crippen LogP) is 2.72. The lowest BCUT2D eigenvalue weighted by Crippen LogP contribution is -2.12. The second-order valence-corrected chi connectivity index (χ2v) is 4.91. The highest BCUT2D eigenvalue weighted by molar-refractivity contribution is 6.01. The standard InChI is InChI=1S/C17H15N3O3/c1-22-16-9-14-12(8-13(16)17(19)21)15(6-7-20-14)23-11-4-2-10(18)3-5-11/h2-9H,18H2,1H3,(H2,19,21). The molecular formula is C17H15N3O3. The molecule has 0 bridgehead atoms. The van der Waals surface area contributed by atoms with Crippen molar-refractivity contribution in [3.63, 3.8) is 0 Å². The number of carbonyl (C=O) groups is 1. The summed E-state index contributed by atoms with van der Waals surface area (Å²) in [5.41, 5.74) is 12.6. The van der Waals surface area contributed by atoms with Crippen molar-refractivity contribution in [1.29, 1.82) is 0 Å². The van der Waals surface area contributed by atoms with E-state index in [0.29, 0.717) is 33.8 Å². The number of benzene rings is 2. The molecule has 0 fully saturated rings. The van der Waals surface area contributed by atoms with Gasteiger partial charge in [-0.1, -0.05) is 0 Å². The van der Waals surface area contributed by atoms with Crippen molar-refractivity contribution < 1.29 is 14.3 Å². The number of fused-ring (bicyclic) bond motifs is 1. The molecule has 0 aliphatic carbocycles. The molecule has 0 saturated carbocycles. The van der Waals surface area contributed by atoms with E-state index in [0.717, 1.165) is 0 Å². The molecule has 0 spiro atoms. The van der Waals surface area contributed by atoms with Crippen LogP contribution in [0.5, 0.6) is 17.2 Å². The zero-order valence-electron chi connectivity index (χ0n) is 12.4. The number of anilines is 1. The minimum Gasteiger partial charge on any atom is -0.496 e. The van der Waals surface area contributed by atoms with Crippen molar-refractivity contribution >= 4 is 22.5 Å². The van der Waals surface area contributed by atoms with E-state index in [1.165, 1.54) is 7.11 Å². The number of aromatic nitrogens is 1. The van der Waals surface area contributed by atoms with Gasteiger partial charge in [0.1, 0.15) is 17.2 Å². The lowest BCUT2D eigenvalue weighted by molar-refractivity contribution is 0.0997. The molecule has 0 saturated heterocycles. The number of carbonyl (C=O) groups excluding carboxylic acids is 1. The zero-order valence-corrected chi connectivity index (χ0v) is 12.4. The van der Waals surface area contributed by atoms with Crippen LogP contribution in [0.25, 0.3) is 10.9 Å². The van der Waals surface area contributed by atoms with Crippen molar-refractivity contribution in [2.75, 3.05) is 12.8 Å². The molecule has 6 heteroatoms. The Morgan fingerprint density at radius 2 is 1.83 bits per heavy atom. The first-order valence-corrected chi connectivity index (χ1v) is 6.88. The first kappa shape index (κ1) is 14.6. The number of pyridine rings is 1. The zero-order chi connectivity index (χ0) is 16.4. The average Bonchev–Trinajstić information content (AvgIpc) is 2.56. The van der Waals surface area contributed by atoms with Crippen LogP contribution in [-0.4, -0.2) is 18.0 Å². The summed E-state index contributed by atoms with van der Waals surface area (Å²) in [6, 6.07) is 12.0. The molecular weight excluding hydrogens is 294 g/mol. The Balaban J connectivity index is 2.11. The summed E-state index contributed by atoms with van der Waals surface area (Å²) in [5.74, 6) is 0.987. The van der Waals surface area contributed by atoms with E-state index in [1.54, 1.807) is 48.7 Å². The Labute approximate surface area is 132 Å². The second-order valence-electron chi connectivity index (χ2n) is 4.91. The van der Waals surface area contributed by atoms with Gasteiger partial charge in [-0.3, -0.25) is 9.78 Å². The molecule has 23 heavy (non-hydrogen) atoms. The van der Waals surface area contributed by atoms with Gasteiger partial charge in [0.15, 0.2) is 0 Å². The summed E-state index contributed by atoms with van der Waals surface area (Å²) in [6.07, 6.45) is 1.62. The Morgan fingerprint density at radius 3 is 2.48 bits per heavy atom. The molecule has 1 amide bonds. The van der Waals surface area contributed by atoms with Crippen molar-refractivity contribution in [2.45, 2.75) is 0 Å². The van der Waals surface area contributed by atoms with Crippen molar-refractivity contribution in [2.24, 2.45) is 5.73 Å². The van der Waals surface area contributed by atoms with Gasteiger partial charge in [-0.05, 0) is 36.4 Å². The monoisotopic (exact) mass is 309 g/mol. The van der Waals surface area contributed by atoms with Crippen LogP contribution in [0.2, 0.25) is 0 Å². The summed E-state index contributed by atoms with van der Waals surface area (Å²) in [7, 11) is 1.47. The maximum atomic E-state index is 11.6. The first-order chi connectivity index (χ1) is 11.1. The summed E-state index contributed by atoms with van der Waals surface area (Å²) >= 11 is 0. The highest BCUT2D eigenvalue weighted by Gasteiger charge is 2.14. The van der Waals surface area contributed by atoms with E-state index >= 15 is 0 Å². The van der Waals surface area contributed by atoms with Gasteiger partial charge < -0.3 is 20.9 Å². The van der Waals surface area contributed by atoms with E-state index in [1.807, 2.05) is 0 Å². The number of methoxy groups -OCH3 is 1. The molecule has 4 N–H and O–H groups in total. The molecule has 0 aliphatic heterocycles. The third-order valence-electron chi connectivity index (χ3n) is 3.40. The number of hydrogen-bond donors (Lipinski definition) is 2. The van der Waals surface area contributed by atoms with E-state index < -0.39 is 5.91 Å². The van der Waals surface area contributed by atoms with Gasteiger partial charge >= 0.3 is 0 Å². The van der Waals surface area contributed by atoms with E-state index in [-0.39, 0.29) is 5.56 Å². The third kappa shape index (κ3) is 2.87. The van der Waals surface area contributed by atoms with Gasteiger partial charge in [0.2, 0.25) is 0 Å². The summed E-state index contributed by atoms with van der Waals surface area (Å²) in [6.45, 7) is 0. The van der Waals surface area contributed by atoms with Crippen LogP contribution in [-0.2, 0) is 0 Å². The lowest BCUT2D eigenvalue weighted by Gasteiger charge is -2.11. The van der Waals surface area contributed by atoms with Gasteiger partial charge in [-0.2, -0.15) is 0 Å². The Morgan fingerprint density at radius 1 is 1.09 bits per heavy atom. The molecule has 0 atom stereocenters. The van der Waals surface area contributed by atoms with E-state index in [2.05, 4.69) is 4.98 Å². The van der Waals surface area contributed by atoms with Gasteiger partial charge in [0.05, 0.1) is 18.2 Å². The largest absolute Gasteiger partial charge is 0.496 e. The molecule has 2 aromatic carbocycles. The maximum Gasteiger partial charge on any atom is 0.252 e. The summed E-state index contributed by atoms with van der Waals surface area (Å²) in [5, 5.41) is 0.666. The molecule has 0 radical (unpaired) electrons. The highest BCUT2D eigenvalue weighted by atomic mass is 16.5. The first-order valence-electron chi connectivity index (χ1n) is 6.88. The topological polar surface area (TPSA) is 100 Å². The highest BCUT2D eigenvalue weighted by Crippen LogP contribution is 2.33. The van der Waals surface area contributed by atoms with Gasteiger partial charge in [0.25, 0.3) is 5.91 Å². The normalized spacial score (nSPS) is 10.5. The molecule has 6 nitrogen and oxygen atoms in total. The number of primary amides is 1. The van der Waals surface area contributed by atoms with Gasteiger partial charge in [0, 0.05) is 23.3 Å². The van der Waals surface area contributed by atoms with Crippen molar-refractivity contribution in [3.05, 3.63) is 54.2 Å². The fourth-order valence-electron chi connectivity index (χ4n) is 2.26. The lowest BCUT2D eigenvalue weighted by atomic mass is 10.1. The number of ether oxygens (including phenoxy) is 2. The minimum atomic E-state index is -0.578. The second kappa shape index (κ2) is 5.84. The number of amides is 1. The summed E-state index contributed by atoms with van der Waals surface area (Å²) < 4.78 is 11.1. The van der Waals surface area contributed by atoms with E-state index in [9.17, 15) is 4.79 Å². The van der Waals surface area contributed by atoms with Crippen LogP contribution in [0.1, 0.15) is 10.4 Å². The molecule has 0 aliphatic rings. The molecule has 0 unspecified atom stereocenters. The van der Waals surface area contributed by atoms with Crippen LogP contribution < -0.4 is 20.9 Å². The van der Waals surface area contributed by atoms with Crippen molar-refractivity contribution in [3.8, 4) is 17.2 Å². The van der Waals surface area contributed by atoms with Crippen LogP contribution in [0.3, 0.4) is 0 Å². The fourth-order valence-corrected chi connectivity index (χ4v) is 2.26. The molecule has 3 aromatic rings. The smallest absolute Gasteiger partial charge is 0.252 e. The number of hydrogen-bond acceptors (Lipinski definition) is 5. The maximum absolute atomic E-state index is 11.6. The van der Waals surface area contributed by atoms with Gasteiger partial charge in [-0.15, -0.1) is 0 Å². The number of rotatable bonds is 4.